The van der Waals surface area contributed by atoms with Crippen molar-refractivity contribution >= 4 is 0 Å². The Hall–Kier alpha value is 1.12. The molecule has 51 valence electrons. The molecular weight excluding hydrogens is 237 g/mol. The van der Waals surface area contributed by atoms with Gasteiger partial charge in [0, 0.05) is 41.3 Å². The van der Waals surface area contributed by atoms with Crippen molar-refractivity contribution in [2.45, 2.75) is 0 Å². The van der Waals surface area contributed by atoms with Crippen LogP contribution in [-0.4, -0.2) is 32.9 Å². The topological polar surface area (TPSA) is 189 Å². The third-order valence-electron chi connectivity index (χ3n) is 0. The summed E-state index contributed by atoms with van der Waals surface area (Å²) in [6.07, 6.45) is 0. The van der Waals surface area contributed by atoms with Crippen LogP contribution in [0.4, 0.5) is 0 Å². The van der Waals surface area contributed by atoms with Gasteiger partial charge in [-0.1, -0.05) is 0 Å². The molecule has 0 aromatic carbocycles. The Bertz CT molecular complexity index is 4.14. The SMILES string of the molecule is O.O.O.O.O.O.[Pr]. The monoisotopic (exact) mass is 249 g/mol. The molecule has 0 amide bonds. The van der Waals surface area contributed by atoms with E-state index in [9.17, 15) is 0 Å². The Kier molecular flexibility index (Phi) is 9870. The molecule has 0 rings (SSSR count). The van der Waals surface area contributed by atoms with Crippen LogP contribution in [0.5, 0.6) is 0 Å². The van der Waals surface area contributed by atoms with Crippen LogP contribution in [0.2, 0.25) is 0 Å². The molecule has 0 heterocycles. The first kappa shape index (κ1) is 327. The summed E-state index contributed by atoms with van der Waals surface area (Å²) >= 11 is 0. The van der Waals surface area contributed by atoms with Crippen molar-refractivity contribution in [1.29, 1.82) is 0 Å². The fourth-order valence-corrected chi connectivity index (χ4v) is 0. The average Bonchev–Trinajstić information content (AvgIpc) is 0. The van der Waals surface area contributed by atoms with Gasteiger partial charge in [0.25, 0.3) is 0 Å². The van der Waals surface area contributed by atoms with Gasteiger partial charge in [-0.25, -0.2) is 0 Å². The minimum Gasteiger partial charge on any atom is -0.412 e. The van der Waals surface area contributed by atoms with Crippen molar-refractivity contribution in [3.8, 4) is 0 Å². The van der Waals surface area contributed by atoms with Crippen LogP contribution < -0.4 is 0 Å². The predicted octanol–water partition coefficient (Wildman–Crippen LogP) is -4.95. The molecule has 7 heavy (non-hydrogen) atoms. The van der Waals surface area contributed by atoms with Crippen molar-refractivity contribution in [3.05, 3.63) is 0 Å². The van der Waals surface area contributed by atoms with Crippen LogP contribution in [0.3, 0.4) is 0 Å². The second-order valence-corrected chi connectivity index (χ2v) is 0. The molecule has 12 N–H and O–H groups in total. The summed E-state index contributed by atoms with van der Waals surface area (Å²) in [6.45, 7) is 0. The molecule has 0 aliphatic heterocycles. The second kappa shape index (κ2) is 212. The van der Waals surface area contributed by atoms with E-state index in [1.807, 2.05) is 0 Å². The van der Waals surface area contributed by atoms with E-state index in [-0.39, 0.29) is 74.1 Å². The molecule has 0 aromatic heterocycles. The van der Waals surface area contributed by atoms with Crippen molar-refractivity contribution in [1.82, 2.24) is 0 Å². The third-order valence-corrected chi connectivity index (χ3v) is 0. The quantitative estimate of drug-likeness (QED) is 0.397. The van der Waals surface area contributed by atoms with Gasteiger partial charge in [-0.2, -0.15) is 0 Å². The van der Waals surface area contributed by atoms with Crippen LogP contribution in [0.1, 0.15) is 0 Å². The third kappa shape index (κ3) is 148. The fraction of sp³-hybridized carbons (Fsp3) is 0. The van der Waals surface area contributed by atoms with Crippen molar-refractivity contribution in [3.63, 3.8) is 0 Å². The molecule has 0 spiro atoms. The number of hydrogen-bond acceptors (Lipinski definition) is 0. The van der Waals surface area contributed by atoms with Crippen LogP contribution in [0.25, 0.3) is 0 Å². The van der Waals surface area contributed by atoms with Gasteiger partial charge in [0.1, 0.15) is 0 Å². The van der Waals surface area contributed by atoms with E-state index >= 15 is 0 Å². The molecule has 6 nitrogen and oxygen atoms in total. The standard InChI is InChI=1S/6H2O.Pr/h6*1H2;. The Labute approximate surface area is 73.7 Å². The molecule has 1 radical (unpaired) electrons. The zero-order valence-corrected chi connectivity index (χ0v) is 7.28. The molecular formula is H12O6Pr. The molecule has 0 saturated heterocycles. The minimum absolute atomic E-state index is 0. The largest absolute Gasteiger partial charge is 0.412 e. The van der Waals surface area contributed by atoms with Gasteiger partial charge in [-0.3, -0.25) is 0 Å². The fourth-order valence-electron chi connectivity index (χ4n) is 0. The maximum absolute atomic E-state index is 0. The summed E-state index contributed by atoms with van der Waals surface area (Å²) in [4.78, 5) is 0. The zero-order valence-electron chi connectivity index (χ0n) is 3.58. The number of hydrogen-bond donors (Lipinski definition) is 0. The molecule has 0 aliphatic carbocycles. The maximum atomic E-state index is 0. The average molecular weight is 249 g/mol. The molecule has 0 unspecified atom stereocenters. The van der Waals surface area contributed by atoms with Crippen molar-refractivity contribution in [2.24, 2.45) is 0 Å². The molecule has 0 bridgehead atoms. The van der Waals surface area contributed by atoms with E-state index in [0.29, 0.717) is 0 Å². The van der Waals surface area contributed by atoms with E-state index in [2.05, 4.69) is 0 Å². The summed E-state index contributed by atoms with van der Waals surface area (Å²) in [5, 5.41) is 0. The minimum atomic E-state index is 0. The molecule has 7 heteroatoms. The molecule has 0 aliphatic rings. The smallest absolute Gasteiger partial charge is 0 e. The molecule has 0 aromatic rings. The Balaban J connectivity index is 0. The van der Waals surface area contributed by atoms with Gasteiger partial charge in [-0.05, 0) is 0 Å². The first-order valence-corrected chi connectivity index (χ1v) is 0. The van der Waals surface area contributed by atoms with Crippen LogP contribution in [0, 0.1) is 41.3 Å². The van der Waals surface area contributed by atoms with Gasteiger partial charge < -0.3 is 32.9 Å². The van der Waals surface area contributed by atoms with Crippen LogP contribution >= 0.6 is 0 Å². The van der Waals surface area contributed by atoms with Crippen molar-refractivity contribution < 1.29 is 74.1 Å². The Morgan fingerprint density at radius 2 is 0.286 bits per heavy atom. The zero-order chi connectivity index (χ0) is 0. The Morgan fingerprint density at radius 1 is 0.286 bits per heavy atom. The number of rotatable bonds is 0. The van der Waals surface area contributed by atoms with Crippen molar-refractivity contribution in [2.75, 3.05) is 0 Å². The summed E-state index contributed by atoms with van der Waals surface area (Å²) < 4.78 is 0. The van der Waals surface area contributed by atoms with Gasteiger partial charge in [0.15, 0.2) is 0 Å². The summed E-state index contributed by atoms with van der Waals surface area (Å²) in [5.41, 5.74) is 0. The maximum Gasteiger partial charge on any atom is 0 e. The first-order valence-electron chi connectivity index (χ1n) is 0. The van der Waals surface area contributed by atoms with Gasteiger partial charge in [-0.15, -0.1) is 0 Å². The molecule has 0 fully saturated rings. The molecule has 0 atom stereocenters. The van der Waals surface area contributed by atoms with E-state index in [1.54, 1.807) is 0 Å². The Morgan fingerprint density at radius 3 is 0.286 bits per heavy atom. The second-order valence-electron chi connectivity index (χ2n) is 0. The first-order chi connectivity index (χ1) is 0. The normalized spacial score (nSPS) is 0. The molecule has 0 saturated carbocycles. The van der Waals surface area contributed by atoms with E-state index in [0.717, 1.165) is 0 Å². The van der Waals surface area contributed by atoms with Crippen LogP contribution in [-0.2, 0) is 0 Å². The summed E-state index contributed by atoms with van der Waals surface area (Å²) in [6, 6.07) is 0. The van der Waals surface area contributed by atoms with E-state index < -0.39 is 0 Å². The van der Waals surface area contributed by atoms with E-state index in [4.69, 9.17) is 0 Å². The summed E-state index contributed by atoms with van der Waals surface area (Å²) in [5.74, 6) is 0. The van der Waals surface area contributed by atoms with Crippen LogP contribution in [0.15, 0.2) is 0 Å². The van der Waals surface area contributed by atoms with Gasteiger partial charge in [0.05, 0.1) is 0 Å². The summed E-state index contributed by atoms with van der Waals surface area (Å²) in [7, 11) is 0. The van der Waals surface area contributed by atoms with E-state index in [1.165, 1.54) is 0 Å². The van der Waals surface area contributed by atoms with Gasteiger partial charge in [0.2, 0.25) is 0 Å². The van der Waals surface area contributed by atoms with Gasteiger partial charge >= 0.3 is 0 Å². The predicted molar refractivity (Wildman–Crippen MR) is 21.7 cm³/mol.